The SMILES string of the molecule is CC.CCCCCc1nccc(Cc2cccc(-c3nc(Nc4cccc(C(F)(F)F)c4)n[nH]3)c2)n1. The third-order valence-electron chi connectivity index (χ3n) is 5.28. The zero-order chi connectivity index (χ0) is 26.0. The molecule has 0 aliphatic carbocycles. The summed E-state index contributed by atoms with van der Waals surface area (Å²) >= 11 is 0. The van der Waals surface area contributed by atoms with Crippen LogP contribution in [0, 0.1) is 0 Å². The second kappa shape index (κ2) is 12.8. The van der Waals surface area contributed by atoms with E-state index < -0.39 is 11.7 Å². The lowest BCUT2D eigenvalue weighted by Crippen LogP contribution is -2.05. The monoisotopic (exact) mass is 496 g/mol. The number of benzene rings is 2. The Morgan fingerprint density at radius 2 is 1.75 bits per heavy atom. The summed E-state index contributed by atoms with van der Waals surface area (Å²) in [7, 11) is 0. The number of nitrogens with zero attached hydrogens (tertiary/aromatic N) is 4. The third kappa shape index (κ3) is 7.63. The van der Waals surface area contributed by atoms with Gasteiger partial charge in [0.05, 0.1) is 5.56 Å². The topological polar surface area (TPSA) is 79.4 Å². The summed E-state index contributed by atoms with van der Waals surface area (Å²) in [6.07, 6.45) is 2.32. The lowest BCUT2D eigenvalue weighted by molar-refractivity contribution is -0.137. The van der Waals surface area contributed by atoms with Crippen molar-refractivity contribution in [2.75, 3.05) is 5.32 Å². The number of aromatic nitrogens is 5. The van der Waals surface area contributed by atoms with E-state index in [0.29, 0.717) is 12.2 Å². The van der Waals surface area contributed by atoms with Crippen molar-refractivity contribution in [1.29, 1.82) is 0 Å². The first-order valence-corrected chi connectivity index (χ1v) is 12.2. The predicted octanol–water partition coefficient (Wildman–Crippen LogP) is 7.37. The summed E-state index contributed by atoms with van der Waals surface area (Å²) in [5, 5.41) is 9.75. The zero-order valence-electron chi connectivity index (χ0n) is 20.7. The van der Waals surface area contributed by atoms with E-state index in [4.69, 9.17) is 0 Å². The summed E-state index contributed by atoms with van der Waals surface area (Å²) in [6.45, 7) is 6.17. The van der Waals surface area contributed by atoms with Crippen LogP contribution in [0.15, 0.2) is 60.8 Å². The van der Waals surface area contributed by atoms with Gasteiger partial charge in [-0.05, 0) is 42.3 Å². The van der Waals surface area contributed by atoms with Crippen LogP contribution in [0.1, 0.15) is 62.7 Å². The minimum atomic E-state index is -4.41. The van der Waals surface area contributed by atoms with Crippen LogP contribution in [0.3, 0.4) is 0 Å². The summed E-state index contributed by atoms with van der Waals surface area (Å²) in [5.74, 6) is 1.56. The molecule has 4 rings (SSSR count). The lowest BCUT2D eigenvalue weighted by Gasteiger charge is -2.08. The third-order valence-corrected chi connectivity index (χ3v) is 5.28. The van der Waals surface area contributed by atoms with Crippen molar-refractivity contribution in [2.24, 2.45) is 0 Å². The molecule has 2 aromatic carbocycles. The van der Waals surface area contributed by atoms with Gasteiger partial charge < -0.3 is 5.32 Å². The van der Waals surface area contributed by atoms with E-state index in [1.165, 1.54) is 12.1 Å². The van der Waals surface area contributed by atoms with Crippen LogP contribution in [0.25, 0.3) is 11.4 Å². The summed E-state index contributed by atoms with van der Waals surface area (Å²) < 4.78 is 38.8. The molecule has 0 unspecified atom stereocenters. The van der Waals surface area contributed by atoms with Crippen molar-refractivity contribution >= 4 is 11.6 Å². The van der Waals surface area contributed by atoms with E-state index in [2.05, 4.69) is 37.4 Å². The van der Waals surface area contributed by atoms with Crippen LogP contribution in [-0.2, 0) is 19.0 Å². The molecule has 2 aromatic heterocycles. The molecule has 0 fully saturated rings. The number of hydrogen-bond donors (Lipinski definition) is 2. The largest absolute Gasteiger partial charge is 0.416 e. The van der Waals surface area contributed by atoms with Gasteiger partial charge in [-0.25, -0.2) is 9.97 Å². The number of anilines is 2. The molecule has 0 radical (unpaired) electrons. The Morgan fingerprint density at radius 3 is 2.53 bits per heavy atom. The summed E-state index contributed by atoms with van der Waals surface area (Å²) in [4.78, 5) is 13.4. The number of alkyl halides is 3. The Hall–Kier alpha value is -3.75. The molecule has 0 aliphatic heterocycles. The lowest BCUT2D eigenvalue weighted by atomic mass is 10.1. The molecule has 0 amide bonds. The van der Waals surface area contributed by atoms with E-state index in [1.54, 1.807) is 6.20 Å². The average Bonchev–Trinajstić information content (AvgIpc) is 3.34. The number of unbranched alkanes of at least 4 members (excludes halogenated alkanes) is 2. The van der Waals surface area contributed by atoms with Gasteiger partial charge in [-0.2, -0.15) is 18.2 Å². The molecule has 2 N–H and O–H groups in total. The molecule has 0 aliphatic rings. The normalized spacial score (nSPS) is 11.1. The molecule has 4 aromatic rings. The first-order valence-electron chi connectivity index (χ1n) is 12.2. The van der Waals surface area contributed by atoms with E-state index in [1.807, 2.05) is 44.2 Å². The highest BCUT2D eigenvalue weighted by atomic mass is 19.4. The predicted molar refractivity (Wildman–Crippen MR) is 136 cm³/mol. The van der Waals surface area contributed by atoms with Gasteiger partial charge in [-0.15, -0.1) is 5.10 Å². The maximum Gasteiger partial charge on any atom is 0.416 e. The maximum absolute atomic E-state index is 12.9. The molecule has 0 saturated carbocycles. The fourth-order valence-corrected chi connectivity index (χ4v) is 3.58. The van der Waals surface area contributed by atoms with Crippen LogP contribution >= 0.6 is 0 Å². The Kier molecular flexibility index (Phi) is 9.55. The quantitative estimate of drug-likeness (QED) is 0.236. The number of rotatable bonds is 9. The van der Waals surface area contributed by atoms with E-state index in [9.17, 15) is 13.2 Å². The van der Waals surface area contributed by atoms with Crippen molar-refractivity contribution in [3.63, 3.8) is 0 Å². The molecule has 0 saturated heterocycles. The Morgan fingerprint density at radius 1 is 0.944 bits per heavy atom. The molecule has 6 nitrogen and oxygen atoms in total. The van der Waals surface area contributed by atoms with Crippen molar-refractivity contribution < 1.29 is 13.2 Å². The van der Waals surface area contributed by atoms with Gasteiger partial charge in [0.2, 0.25) is 5.95 Å². The number of aromatic amines is 1. The van der Waals surface area contributed by atoms with Gasteiger partial charge in [-0.3, -0.25) is 5.10 Å². The van der Waals surface area contributed by atoms with Crippen LogP contribution in [0.4, 0.5) is 24.8 Å². The Balaban J connectivity index is 0.00000176. The minimum absolute atomic E-state index is 0.187. The highest BCUT2D eigenvalue weighted by Crippen LogP contribution is 2.31. The first-order chi connectivity index (χ1) is 17.4. The van der Waals surface area contributed by atoms with Gasteiger partial charge in [0.15, 0.2) is 5.82 Å². The van der Waals surface area contributed by atoms with Gasteiger partial charge >= 0.3 is 6.18 Å². The highest BCUT2D eigenvalue weighted by molar-refractivity contribution is 5.60. The van der Waals surface area contributed by atoms with Gasteiger partial charge in [0.25, 0.3) is 0 Å². The van der Waals surface area contributed by atoms with Crippen molar-refractivity contribution in [3.8, 4) is 11.4 Å². The highest BCUT2D eigenvalue weighted by Gasteiger charge is 2.30. The Bertz CT molecular complexity index is 1240. The van der Waals surface area contributed by atoms with E-state index in [-0.39, 0.29) is 11.6 Å². The van der Waals surface area contributed by atoms with Crippen LogP contribution in [0.5, 0.6) is 0 Å². The molecule has 36 heavy (non-hydrogen) atoms. The second-order valence-corrected chi connectivity index (χ2v) is 8.01. The number of aryl methyl sites for hydroxylation is 1. The van der Waals surface area contributed by atoms with Crippen LogP contribution in [-0.4, -0.2) is 25.1 Å². The fourth-order valence-electron chi connectivity index (χ4n) is 3.58. The average molecular weight is 497 g/mol. The summed E-state index contributed by atoms with van der Waals surface area (Å²) in [5.41, 5.74) is 2.34. The fraction of sp³-hybridized carbons (Fsp3) is 0.333. The smallest absolute Gasteiger partial charge is 0.323 e. The number of H-pyrrole nitrogens is 1. The van der Waals surface area contributed by atoms with Gasteiger partial charge in [-0.1, -0.05) is 57.9 Å². The molecular formula is C27H31F3N6. The molecule has 9 heteroatoms. The van der Waals surface area contributed by atoms with E-state index in [0.717, 1.165) is 60.5 Å². The molecule has 2 heterocycles. The van der Waals surface area contributed by atoms with Gasteiger partial charge in [0, 0.05) is 36.0 Å². The molecule has 0 spiro atoms. The van der Waals surface area contributed by atoms with Crippen molar-refractivity contribution in [1.82, 2.24) is 25.1 Å². The van der Waals surface area contributed by atoms with E-state index >= 15 is 0 Å². The van der Waals surface area contributed by atoms with Crippen molar-refractivity contribution in [3.05, 3.63) is 83.4 Å². The van der Waals surface area contributed by atoms with Crippen molar-refractivity contribution in [2.45, 2.75) is 59.1 Å². The number of halogens is 3. The zero-order valence-corrected chi connectivity index (χ0v) is 20.7. The molecule has 0 atom stereocenters. The first kappa shape index (κ1) is 26.8. The van der Waals surface area contributed by atoms with Gasteiger partial charge in [0.1, 0.15) is 5.82 Å². The minimum Gasteiger partial charge on any atom is -0.323 e. The summed E-state index contributed by atoms with van der Waals surface area (Å²) in [6, 6.07) is 14.7. The van der Waals surface area contributed by atoms with Crippen LogP contribution in [0.2, 0.25) is 0 Å². The Labute approximate surface area is 209 Å². The second-order valence-electron chi connectivity index (χ2n) is 8.01. The molecule has 190 valence electrons. The van der Waals surface area contributed by atoms with Crippen LogP contribution < -0.4 is 5.32 Å². The standard InChI is InChI=1S/C25H25F3N6.C2H6/c1-2-3-4-11-22-29-13-12-21(30-22)15-17-7-5-8-18(14-17)23-32-24(34-33-23)31-20-10-6-9-19(16-20)25(26,27)28;1-2/h5-10,12-14,16H,2-4,11,15H2,1H3,(H2,31,32,33,34);1-2H3. The molecule has 0 bridgehead atoms. The number of nitrogens with one attached hydrogen (secondary N) is 2. The molecular weight excluding hydrogens is 465 g/mol. The maximum atomic E-state index is 12.9. The number of hydrogen-bond acceptors (Lipinski definition) is 5.